The third-order valence-electron chi connectivity index (χ3n) is 3.67. The van der Waals surface area contributed by atoms with Crippen LogP contribution in [-0.2, 0) is 26.0 Å². The Bertz CT molecular complexity index is 860. The first-order valence-electron chi connectivity index (χ1n) is 7.29. The maximum Gasteiger partial charge on any atom is 0.511 e. The van der Waals surface area contributed by atoms with E-state index in [2.05, 4.69) is 4.74 Å². The van der Waals surface area contributed by atoms with E-state index in [1.54, 1.807) is 12.1 Å². The van der Waals surface area contributed by atoms with Crippen LogP contribution in [0.2, 0.25) is 0 Å². The van der Waals surface area contributed by atoms with Gasteiger partial charge in [0.1, 0.15) is 6.04 Å². The van der Waals surface area contributed by atoms with Gasteiger partial charge in [-0.05, 0) is 29.2 Å². The lowest BCUT2D eigenvalue weighted by atomic mass is 9.99. The number of rotatable bonds is 6. The average molecular weight is 375 g/mol. The van der Waals surface area contributed by atoms with E-state index in [0.717, 1.165) is 23.4 Å². The van der Waals surface area contributed by atoms with Crippen LogP contribution in [0.3, 0.4) is 0 Å². The molecule has 2 rings (SSSR count). The van der Waals surface area contributed by atoms with E-state index in [1.807, 2.05) is 30.3 Å². The fourth-order valence-corrected chi connectivity index (χ4v) is 3.15. The Hall–Kier alpha value is -2.13. The second kappa shape index (κ2) is 7.40. The third kappa shape index (κ3) is 4.49. The number of fused-ring (bicyclic) bond motifs is 1. The second-order valence-corrected chi connectivity index (χ2v) is 7.03. The van der Waals surface area contributed by atoms with E-state index in [9.17, 15) is 26.4 Å². The van der Waals surface area contributed by atoms with Crippen molar-refractivity contribution in [1.29, 1.82) is 0 Å². The van der Waals surface area contributed by atoms with Gasteiger partial charge >= 0.3 is 21.5 Å². The van der Waals surface area contributed by atoms with Crippen LogP contribution < -0.4 is 4.72 Å². The highest BCUT2D eigenvalue weighted by atomic mass is 32.2. The number of esters is 1. The molecule has 9 heteroatoms. The van der Waals surface area contributed by atoms with Crippen LogP contribution in [0, 0.1) is 0 Å². The molecular formula is C16H16F3NO4S. The average Bonchev–Trinajstić information content (AvgIpc) is 2.56. The zero-order chi connectivity index (χ0) is 18.7. The Kier molecular flexibility index (Phi) is 5.69. The number of aryl methyl sites for hydroxylation is 1. The molecular weight excluding hydrogens is 359 g/mol. The van der Waals surface area contributed by atoms with Gasteiger partial charge in [0.15, 0.2) is 0 Å². The number of alkyl halides is 3. The van der Waals surface area contributed by atoms with Crippen LogP contribution in [-0.4, -0.2) is 33.0 Å². The molecule has 25 heavy (non-hydrogen) atoms. The van der Waals surface area contributed by atoms with Crippen LogP contribution in [0.4, 0.5) is 13.2 Å². The fourth-order valence-electron chi connectivity index (χ4n) is 2.43. The molecule has 0 spiro atoms. The Morgan fingerprint density at radius 2 is 1.80 bits per heavy atom. The van der Waals surface area contributed by atoms with Gasteiger partial charge in [0, 0.05) is 0 Å². The normalized spacial score (nSPS) is 13.6. The standard InChI is InChI=1S/C16H16F3NO4S/c1-24-15(21)14(20-25(22,23)16(17,18)19)10-9-12-7-4-6-11-5-2-3-8-13(11)12/h2-8,14,20H,9-10H2,1H3/t14-/m0/s1. The predicted octanol–water partition coefficient (Wildman–Crippen LogP) is 2.75. The van der Waals surface area contributed by atoms with E-state index in [0.29, 0.717) is 0 Å². The van der Waals surface area contributed by atoms with Crippen LogP contribution in [0.5, 0.6) is 0 Å². The van der Waals surface area contributed by atoms with Crippen molar-refractivity contribution in [3.05, 3.63) is 48.0 Å². The summed E-state index contributed by atoms with van der Waals surface area (Å²) in [4.78, 5) is 11.7. The number of ether oxygens (including phenoxy) is 1. The predicted molar refractivity (Wildman–Crippen MR) is 86.2 cm³/mol. The summed E-state index contributed by atoms with van der Waals surface area (Å²) in [6, 6.07) is 11.2. The lowest BCUT2D eigenvalue weighted by Gasteiger charge is -2.18. The van der Waals surface area contributed by atoms with Gasteiger partial charge < -0.3 is 4.74 Å². The molecule has 0 amide bonds. The Labute approximate surface area is 142 Å². The van der Waals surface area contributed by atoms with Gasteiger partial charge in [-0.2, -0.15) is 17.9 Å². The van der Waals surface area contributed by atoms with Gasteiger partial charge in [0.25, 0.3) is 0 Å². The number of benzene rings is 2. The van der Waals surface area contributed by atoms with Crippen LogP contribution in [0.1, 0.15) is 12.0 Å². The lowest BCUT2D eigenvalue weighted by molar-refractivity contribution is -0.142. The van der Waals surface area contributed by atoms with E-state index in [-0.39, 0.29) is 12.8 Å². The molecule has 1 N–H and O–H groups in total. The number of nitrogens with one attached hydrogen (secondary N) is 1. The van der Waals surface area contributed by atoms with Gasteiger partial charge in [-0.25, -0.2) is 8.42 Å². The lowest BCUT2D eigenvalue weighted by Crippen LogP contribution is -2.47. The number of carbonyl (C=O) groups excluding carboxylic acids is 1. The molecule has 0 aromatic heterocycles. The smallest absolute Gasteiger partial charge is 0.468 e. The summed E-state index contributed by atoms with van der Waals surface area (Å²) in [5.41, 5.74) is -4.71. The highest BCUT2D eigenvalue weighted by molar-refractivity contribution is 7.90. The topological polar surface area (TPSA) is 72.5 Å². The zero-order valence-electron chi connectivity index (χ0n) is 13.2. The molecule has 0 unspecified atom stereocenters. The molecule has 0 saturated heterocycles. The molecule has 0 bridgehead atoms. The van der Waals surface area contributed by atoms with Crippen molar-refractivity contribution in [1.82, 2.24) is 4.72 Å². The summed E-state index contributed by atoms with van der Waals surface area (Å²) in [6.07, 6.45) is 0.0253. The molecule has 1 atom stereocenters. The van der Waals surface area contributed by atoms with E-state index in [4.69, 9.17) is 0 Å². The first kappa shape index (κ1) is 19.2. The highest BCUT2D eigenvalue weighted by Crippen LogP contribution is 2.24. The second-order valence-electron chi connectivity index (χ2n) is 5.32. The summed E-state index contributed by atoms with van der Waals surface area (Å²) in [5.74, 6) is -1.08. The minimum atomic E-state index is -5.65. The molecule has 0 heterocycles. The molecule has 0 aliphatic heterocycles. The first-order chi connectivity index (χ1) is 11.7. The van der Waals surface area contributed by atoms with Gasteiger partial charge in [-0.1, -0.05) is 42.5 Å². The van der Waals surface area contributed by atoms with Gasteiger partial charge in [-0.15, -0.1) is 0 Å². The number of hydrogen-bond donors (Lipinski definition) is 1. The van der Waals surface area contributed by atoms with Crippen molar-refractivity contribution < 1.29 is 31.1 Å². The van der Waals surface area contributed by atoms with Crippen molar-refractivity contribution >= 4 is 26.8 Å². The van der Waals surface area contributed by atoms with E-state index >= 15 is 0 Å². The molecule has 5 nitrogen and oxygen atoms in total. The summed E-state index contributed by atoms with van der Waals surface area (Å²) < 4.78 is 65.9. The minimum Gasteiger partial charge on any atom is -0.468 e. The molecule has 2 aromatic carbocycles. The number of methoxy groups -OCH3 is 1. The van der Waals surface area contributed by atoms with Crippen molar-refractivity contribution in [2.24, 2.45) is 0 Å². The van der Waals surface area contributed by atoms with Crippen LogP contribution in [0.15, 0.2) is 42.5 Å². The fraction of sp³-hybridized carbons (Fsp3) is 0.312. The highest BCUT2D eigenvalue weighted by Gasteiger charge is 2.47. The first-order valence-corrected chi connectivity index (χ1v) is 8.77. The molecule has 0 aliphatic rings. The molecule has 0 fully saturated rings. The summed E-state index contributed by atoms with van der Waals surface area (Å²) in [6.45, 7) is 0. The number of halogens is 3. The van der Waals surface area contributed by atoms with Crippen LogP contribution in [0.25, 0.3) is 10.8 Å². The monoisotopic (exact) mass is 375 g/mol. The van der Waals surface area contributed by atoms with Crippen molar-refractivity contribution in [3.8, 4) is 0 Å². The largest absolute Gasteiger partial charge is 0.511 e. The van der Waals surface area contributed by atoms with Crippen molar-refractivity contribution in [2.75, 3.05) is 7.11 Å². The third-order valence-corrected chi connectivity index (χ3v) is 4.87. The summed E-state index contributed by atoms with van der Waals surface area (Å²) >= 11 is 0. The zero-order valence-corrected chi connectivity index (χ0v) is 14.0. The maximum absolute atomic E-state index is 12.5. The number of carbonyl (C=O) groups is 1. The maximum atomic E-state index is 12.5. The Morgan fingerprint density at radius 1 is 1.16 bits per heavy atom. The quantitative estimate of drug-likeness (QED) is 0.788. The van der Waals surface area contributed by atoms with Crippen molar-refractivity contribution in [2.45, 2.75) is 24.4 Å². The summed E-state index contributed by atoms with van der Waals surface area (Å²) in [7, 11) is -4.67. The molecule has 2 aromatic rings. The SMILES string of the molecule is COC(=O)[C@H](CCc1cccc2ccccc12)NS(=O)(=O)C(F)(F)F. The van der Waals surface area contributed by atoms with Gasteiger partial charge in [0.2, 0.25) is 0 Å². The van der Waals surface area contributed by atoms with E-state index < -0.39 is 27.5 Å². The van der Waals surface area contributed by atoms with Crippen molar-refractivity contribution in [3.63, 3.8) is 0 Å². The number of sulfonamides is 1. The van der Waals surface area contributed by atoms with Gasteiger partial charge in [-0.3, -0.25) is 4.79 Å². The summed E-state index contributed by atoms with van der Waals surface area (Å²) in [5, 5.41) is 1.82. The number of hydrogen-bond acceptors (Lipinski definition) is 4. The molecule has 0 aliphatic carbocycles. The molecule has 0 radical (unpaired) electrons. The minimum absolute atomic E-state index is 0.171. The van der Waals surface area contributed by atoms with E-state index in [1.165, 1.54) is 4.72 Å². The van der Waals surface area contributed by atoms with Crippen LogP contribution >= 0.6 is 0 Å². The molecule has 136 valence electrons. The van der Waals surface area contributed by atoms with Gasteiger partial charge in [0.05, 0.1) is 7.11 Å². The molecule has 0 saturated carbocycles. The Morgan fingerprint density at radius 3 is 2.44 bits per heavy atom. The Balaban J connectivity index is 2.22.